The monoisotopic (exact) mass is 152 g/mol. The van der Waals surface area contributed by atoms with E-state index in [-0.39, 0.29) is 0 Å². The van der Waals surface area contributed by atoms with Crippen LogP contribution in [0.15, 0.2) is 33.9 Å². The van der Waals surface area contributed by atoms with E-state index in [1.54, 1.807) is 0 Å². The highest BCUT2D eigenvalue weighted by molar-refractivity contribution is 6.67. The summed E-state index contributed by atoms with van der Waals surface area (Å²) in [7, 11) is 0. The van der Waals surface area contributed by atoms with Crippen molar-refractivity contribution in [2.24, 2.45) is 9.98 Å². The van der Waals surface area contributed by atoms with Crippen molar-refractivity contribution < 1.29 is 0 Å². The van der Waals surface area contributed by atoms with Crippen molar-refractivity contribution in [3.63, 3.8) is 0 Å². The molecule has 10 heavy (non-hydrogen) atoms. The fourth-order valence-corrected chi connectivity index (χ4v) is 1.15. The highest BCUT2D eigenvalue weighted by Gasteiger charge is 2.13. The van der Waals surface area contributed by atoms with E-state index in [2.05, 4.69) is 9.98 Å². The van der Waals surface area contributed by atoms with Gasteiger partial charge in [-0.25, -0.2) is 9.98 Å². The van der Waals surface area contributed by atoms with Crippen molar-refractivity contribution in [2.75, 3.05) is 0 Å². The summed E-state index contributed by atoms with van der Waals surface area (Å²) >= 11 is 5.57. The normalized spacial score (nSPS) is 21.5. The number of nitrogens with zero attached hydrogens (tertiary/aromatic N) is 2. The Balaban J connectivity index is 2.46. The average molecular weight is 153 g/mol. The molecule has 0 spiro atoms. The molecular formula is C7H5ClN2. The van der Waals surface area contributed by atoms with Gasteiger partial charge in [0.15, 0.2) is 0 Å². The van der Waals surface area contributed by atoms with Crippen LogP contribution in [0.4, 0.5) is 0 Å². The van der Waals surface area contributed by atoms with Gasteiger partial charge in [-0.1, -0.05) is 12.2 Å². The number of rotatable bonds is 0. The summed E-state index contributed by atoms with van der Waals surface area (Å²) in [5, 5.41) is 0.341. The topological polar surface area (TPSA) is 24.7 Å². The maximum absolute atomic E-state index is 5.57. The molecule has 0 amide bonds. The molecule has 0 aromatic carbocycles. The van der Waals surface area contributed by atoms with Crippen LogP contribution in [0.5, 0.6) is 0 Å². The van der Waals surface area contributed by atoms with Gasteiger partial charge in [-0.3, -0.25) is 0 Å². The van der Waals surface area contributed by atoms with E-state index in [9.17, 15) is 0 Å². The van der Waals surface area contributed by atoms with E-state index in [0.717, 1.165) is 17.8 Å². The minimum atomic E-state index is 0.341. The number of hydrogen-bond donors (Lipinski definition) is 0. The van der Waals surface area contributed by atoms with Crippen molar-refractivity contribution in [1.29, 1.82) is 0 Å². The minimum absolute atomic E-state index is 0.341. The van der Waals surface area contributed by atoms with Crippen LogP contribution in [0.3, 0.4) is 0 Å². The largest absolute Gasteiger partial charge is 0.223 e. The number of halogens is 1. The third-order valence-electron chi connectivity index (χ3n) is 1.41. The Morgan fingerprint density at radius 2 is 2.30 bits per heavy atom. The molecule has 1 aliphatic heterocycles. The van der Waals surface area contributed by atoms with E-state index >= 15 is 0 Å². The maximum Gasteiger partial charge on any atom is 0.223 e. The Kier molecular flexibility index (Phi) is 1.21. The SMILES string of the molecule is ClC1=NC2=CCC=CC2=N1. The lowest BCUT2D eigenvalue weighted by atomic mass is 10.1. The molecule has 1 heterocycles. The summed E-state index contributed by atoms with van der Waals surface area (Å²) in [6.45, 7) is 0. The Hall–Kier alpha value is -0.890. The second kappa shape index (κ2) is 2.06. The van der Waals surface area contributed by atoms with Crippen molar-refractivity contribution in [1.82, 2.24) is 0 Å². The second-order valence-electron chi connectivity index (χ2n) is 2.11. The first-order chi connectivity index (χ1) is 4.86. The lowest BCUT2D eigenvalue weighted by molar-refractivity contribution is 1.31. The molecule has 3 heteroatoms. The van der Waals surface area contributed by atoms with E-state index in [1.165, 1.54) is 0 Å². The summed E-state index contributed by atoms with van der Waals surface area (Å²) < 4.78 is 0. The van der Waals surface area contributed by atoms with Crippen LogP contribution in [-0.2, 0) is 0 Å². The van der Waals surface area contributed by atoms with Gasteiger partial charge in [0.25, 0.3) is 0 Å². The van der Waals surface area contributed by atoms with Crippen LogP contribution >= 0.6 is 11.6 Å². The third-order valence-corrected chi connectivity index (χ3v) is 1.58. The van der Waals surface area contributed by atoms with Gasteiger partial charge in [0, 0.05) is 0 Å². The predicted octanol–water partition coefficient (Wildman–Crippen LogP) is 1.88. The fraction of sp³-hybridized carbons (Fsp3) is 0.143. The molecule has 0 bridgehead atoms. The van der Waals surface area contributed by atoms with Crippen molar-refractivity contribution in [3.8, 4) is 0 Å². The molecule has 0 aromatic rings. The van der Waals surface area contributed by atoms with Gasteiger partial charge in [0.2, 0.25) is 5.29 Å². The maximum atomic E-state index is 5.57. The standard InChI is InChI=1S/C7H5ClN2/c8-7-9-5-3-1-2-4-6(5)10-7/h1,3-4H,2H2. The van der Waals surface area contributed by atoms with Crippen molar-refractivity contribution >= 4 is 22.6 Å². The molecule has 2 aliphatic rings. The average Bonchev–Trinajstić information content (AvgIpc) is 2.27. The lowest BCUT2D eigenvalue weighted by Gasteiger charge is -1.97. The number of fused-ring (bicyclic) bond motifs is 1. The molecule has 0 aromatic heterocycles. The highest BCUT2D eigenvalue weighted by atomic mass is 35.5. The summed E-state index contributed by atoms with van der Waals surface area (Å²) in [6, 6.07) is 0. The molecule has 2 nitrogen and oxygen atoms in total. The lowest BCUT2D eigenvalue weighted by Crippen LogP contribution is -1.95. The van der Waals surface area contributed by atoms with Crippen LogP contribution in [0.1, 0.15) is 6.42 Å². The predicted molar refractivity (Wildman–Crippen MR) is 42.6 cm³/mol. The van der Waals surface area contributed by atoms with Gasteiger partial charge in [-0.05, 0) is 24.1 Å². The Morgan fingerprint density at radius 1 is 1.40 bits per heavy atom. The van der Waals surface area contributed by atoms with Gasteiger partial charge >= 0.3 is 0 Å². The number of allylic oxidation sites excluding steroid dienone is 3. The number of aliphatic imine (C=N–C) groups is 2. The van der Waals surface area contributed by atoms with E-state index < -0.39 is 0 Å². The van der Waals surface area contributed by atoms with Crippen LogP contribution < -0.4 is 0 Å². The molecule has 0 saturated carbocycles. The first kappa shape index (κ1) is 5.86. The summed E-state index contributed by atoms with van der Waals surface area (Å²) in [5.41, 5.74) is 1.80. The highest BCUT2D eigenvalue weighted by Crippen LogP contribution is 2.17. The molecule has 0 fully saturated rings. The second-order valence-corrected chi connectivity index (χ2v) is 2.44. The number of hydrogen-bond acceptors (Lipinski definition) is 2. The van der Waals surface area contributed by atoms with Gasteiger partial charge in [0.05, 0.1) is 11.4 Å². The summed E-state index contributed by atoms with van der Waals surface area (Å²) in [4.78, 5) is 7.99. The molecule has 0 unspecified atom stereocenters. The zero-order valence-corrected chi connectivity index (χ0v) is 5.97. The Bertz CT molecular complexity index is 284. The Morgan fingerprint density at radius 3 is 3.10 bits per heavy atom. The molecule has 0 radical (unpaired) electrons. The molecule has 50 valence electrons. The molecule has 1 aliphatic carbocycles. The third kappa shape index (κ3) is 0.809. The first-order valence-corrected chi connectivity index (χ1v) is 3.44. The molecule has 0 N–H and O–H groups in total. The minimum Gasteiger partial charge on any atom is -0.217 e. The molecule has 0 saturated heterocycles. The van der Waals surface area contributed by atoms with E-state index in [4.69, 9.17) is 11.6 Å². The van der Waals surface area contributed by atoms with E-state index in [1.807, 2.05) is 18.2 Å². The van der Waals surface area contributed by atoms with Crippen molar-refractivity contribution in [3.05, 3.63) is 23.9 Å². The fourth-order valence-electron chi connectivity index (χ4n) is 0.971. The van der Waals surface area contributed by atoms with Crippen LogP contribution in [0, 0.1) is 0 Å². The Labute approximate surface area is 63.6 Å². The number of amidine groups is 1. The van der Waals surface area contributed by atoms with Gasteiger partial charge in [-0.2, -0.15) is 0 Å². The summed E-state index contributed by atoms with van der Waals surface area (Å²) in [5.74, 6) is 0. The molecular weight excluding hydrogens is 148 g/mol. The zero-order valence-electron chi connectivity index (χ0n) is 5.21. The summed E-state index contributed by atoms with van der Waals surface area (Å²) in [6.07, 6.45) is 6.91. The molecule has 0 atom stereocenters. The van der Waals surface area contributed by atoms with Gasteiger partial charge in [0.1, 0.15) is 0 Å². The first-order valence-electron chi connectivity index (χ1n) is 3.06. The zero-order chi connectivity index (χ0) is 6.97. The quantitative estimate of drug-likeness (QED) is 0.474. The van der Waals surface area contributed by atoms with Gasteiger partial charge in [-0.15, -0.1) is 0 Å². The van der Waals surface area contributed by atoms with Crippen molar-refractivity contribution in [2.45, 2.75) is 6.42 Å². The van der Waals surface area contributed by atoms with Crippen LogP contribution in [0.2, 0.25) is 0 Å². The van der Waals surface area contributed by atoms with Crippen LogP contribution in [0.25, 0.3) is 0 Å². The smallest absolute Gasteiger partial charge is 0.217 e. The van der Waals surface area contributed by atoms with Crippen LogP contribution in [-0.4, -0.2) is 11.0 Å². The molecule has 2 rings (SSSR count). The van der Waals surface area contributed by atoms with Gasteiger partial charge < -0.3 is 0 Å². The van der Waals surface area contributed by atoms with E-state index in [0.29, 0.717) is 5.29 Å².